The van der Waals surface area contributed by atoms with Crippen LogP contribution in [0.5, 0.6) is 0 Å². The number of benzene rings is 2. The third-order valence-electron chi connectivity index (χ3n) is 5.13. The van der Waals surface area contributed by atoms with Crippen LogP contribution in [0, 0.1) is 0 Å². The zero-order chi connectivity index (χ0) is 18.1. The maximum Gasteiger partial charge on any atom is 0.254 e. The van der Waals surface area contributed by atoms with Crippen molar-refractivity contribution < 1.29 is 4.79 Å². The number of halogens is 1. The first-order valence-electron chi connectivity index (χ1n) is 9.10. The minimum atomic E-state index is 0.118. The number of para-hydroxylation sites is 1. The second-order valence-electron chi connectivity index (χ2n) is 6.93. The van der Waals surface area contributed by atoms with Gasteiger partial charge in [0.25, 0.3) is 5.91 Å². The molecule has 3 aromatic rings. The molecular weight excluding hydrogens is 388 g/mol. The third kappa shape index (κ3) is 3.26. The van der Waals surface area contributed by atoms with Gasteiger partial charge in [-0.15, -0.1) is 0 Å². The average Bonchev–Trinajstić information content (AvgIpc) is 2.67. The number of piperidine rings is 1. The summed E-state index contributed by atoms with van der Waals surface area (Å²) in [5.41, 5.74) is 3.45. The highest BCUT2D eigenvalue weighted by atomic mass is 79.9. The summed E-state index contributed by atoms with van der Waals surface area (Å²) in [4.78, 5) is 20.2. The molecule has 0 N–H and O–H groups in total. The molecule has 0 bridgehead atoms. The van der Waals surface area contributed by atoms with Crippen molar-refractivity contribution in [3.8, 4) is 11.3 Å². The molecule has 0 radical (unpaired) electrons. The van der Waals surface area contributed by atoms with Crippen molar-refractivity contribution in [2.45, 2.75) is 32.2 Å². The van der Waals surface area contributed by atoms with Gasteiger partial charge in [-0.2, -0.15) is 0 Å². The van der Waals surface area contributed by atoms with E-state index in [0.717, 1.165) is 51.6 Å². The van der Waals surface area contributed by atoms with Crippen molar-refractivity contribution in [3.63, 3.8) is 0 Å². The second-order valence-corrected chi connectivity index (χ2v) is 7.84. The van der Waals surface area contributed by atoms with E-state index in [2.05, 4.69) is 22.9 Å². The maximum atomic E-state index is 13.4. The fourth-order valence-corrected chi connectivity index (χ4v) is 4.10. The Morgan fingerprint density at radius 2 is 1.96 bits per heavy atom. The number of carbonyl (C=O) groups excluding carboxylic acids is 1. The molecule has 1 aromatic heterocycles. The van der Waals surface area contributed by atoms with E-state index in [1.165, 1.54) is 6.42 Å². The Morgan fingerprint density at radius 3 is 2.77 bits per heavy atom. The van der Waals surface area contributed by atoms with Crippen molar-refractivity contribution in [2.75, 3.05) is 6.54 Å². The lowest BCUT2D eigenvalue weighted by molar-refractivity contribution is 0.0637. The first-order valence-corrected chi connectivity index (χ1v) is 9.89. The van der Waals surface area contributed by atoms with E-state index in [1.54, 1.807) is 0 Å². The summed E-state index contributed by atoms with van der Waals surface area (Å²) in [7, 11) is 0. The van der Waals surface area contributed by atoms with E-state index in [0.29, 0.717) is 0 Å². The van der Waals surface area contributed by atoms with Crippen LogP contribution in [0.3, 0.4) is 0 Å². The predicted molar refractivity (Wildman–Crippen MR) is 109 cm³/mol. The molecule has 26 heavy (non-hydrogen) atoms. The van der Waals surface area contributed by atoms with Gasteiger partial charge in [-0.05, 0) is 50.5 Å². The molecular formula is C22H21BrN2O. The van der Waals surface area contributed by atoms with Gasteiger partial charge in [0.1, 0.15) is 0 Å². The predicted octanol–water partition coefficient (Wildman–Crippen LogP) is 5.68. The number of likely N-dealkylation sites (tertiary alicyclic amines) is 1. The number of nitrogens with zero attached hydrogens (tertiary/aromatic N) is 2. The smallest absolute Gasteiger partial charge is 0.254 e. The molecule has 1 unspecified atom stereocenters. The lowest BCUT2D eigenvalue weighted by atomic mass is 9.99. The van der Waals surface area contributed by atoms with Gasteiger partial charge in [-0.25, -0.2) is 4.98 Å². The Bertz CT molecular complexity index is 969. The fraction of sp³-hybridized carbons (Fsp3) is 0.273. The SMILES string of the molecule is CC1CCCCN1C(=O)c1cc(-c2cccc(Br)c2)nc2ccccc12. The Labute approximate surface area is 162 Å². The minimum absolute atomic E-state index is 0.118. The van der Waals surface area contributed by atoms with E-state index in [4.69, 9.17) is 4.98 Å². The molecule has 3 nitrogen and oxygen atoms in total. The van der Waals surface area contributed by atoms with Crippen molar-refractivity contribution in [1.29, 1.82) is 0 Å². The van der Waals surface area contributed by atoms with Crippen LogP contribution in [0.2, 0.25) is 0 Å². The quantitative estimate of drug-likeness (QED) is 0.546. The normalized spacial score (nSPS) is 17.5. The Kier molecular flexibility index (Phi) is 4.77. The Hall–Kier alpha value is -2.20. The lowest BCUT2D eigenvalue weighted by Gasteiger charge is -2.33. The summed E-state index contributed by atoms with van der Waals surface area (Å²) in [6.07, 6.45) is 3.36. The average molecular weight is 409 g/mol. The summed E-state index contributed by atoms with van der Waals surface area (Å²) >= 11 is 3.52. The van der Waals surface area contributed by atoms with Gasteiger partial charge in [0.15, 0.2) is 0 Å². The van der Waals surface area contributed by atoms with E-state index >= 15 is 0 Å². The van der Waals surface area contributed by atoms with Gasteiger partial charge in [-0.3, -0.25) is 4.79 Å². The van der Waals surface area contributed by atoms with Crippen molar-refractivity contribution >= 4 is 32.7 Å². The number of amides is 1. The third-order valence-corrected chi connectivity index (χ3v) is 5.62. The first kappa shape index (κ1) is 17.2. The Morgan fingerprint density at radius 1 is 1.12 bits per heavy atom. The van der Waals surface area contributed by atoms with Gasteiger partial charge in [0, 0.05) is 28.0 Å². The number of carbonyl (C=O) groups is 1. The molecule has 1 aliphatic rings. The van der Waals surface area contributed by atoms with Crippen LogP contribution in [-0.4, -0.2) is 28.4 Å². The van der Waals surface area contributed by atoms with E-state index in [9.17, 15) is 4.79 Å². The number of rotatable bonds is 2. The zero-order valence-corrected chi connectivity index (χ0v) is 16.4. The van der Waals surface area contributed by atoms with Gasteiger partial charge in [0.2, 0.25) is 0 Å². The highest BCUT2D eigenvalue weighted by Gasteiger charge is 2.26. The molecule has 1 amide bonds. The van der Waals surface area contributed by atoms with E-state index in [1.807, 2.05) is 59.5 Å². The van der Waals surface area contributed by atoms with Crippen LogP contribution < -0.4 is 0 Å². The van der Waals surface area contributed by atoms with E-state index in [-0.39, 0.29) is 11.9 Å². The number of hydrogen-bond acceptors (Lipinski definition) is 2. The standard InChI is InChI=1S/C22H21BrN2O/c1-15-7-4-5-12-25(15)22(26)19-14-21(16-8-6-9-17(23)13-16)24-20-11-3-2-10-18(19)20/h2-3,6,8-11,13-15H,4-5,7,12H2,1H3. The van der Waals surface area contributed by atoms with Crippen molar-refractivity contribution in [2.24, 2.45) is 0 Å². The summed E-state index contributed by atoms with van der Waals surface area (Å²) < 4.78 is 1.00. The molecule has 1 aliphatic heterocycles. The zero-order valence-electron chi connectivity index (χ0n) is 14.8. The molecule has 1 fully saturated rings. The molecule has 0 spiro atoms. The molecule has 132 valence electrons. The topological polar surface area (TPSA) is 33.2 Å². The first-order chi connectivity index (χ1) is 12.6. The van der Waals surface area contributed by atoms with Gasteiger partial charge in [0.05, 0.1) is 16.8 Å². The highest BCUT2D eigenvalue weighted by Crippen LogP contribution is 2.29. The summed E-state index contributed by atoms with van der Waals surface area (Å²) in [6, 6.07) is 18.2. The monoisotopic (exact) mass is 408 g/mol. The van der Waals surface area contributed by atoms with Crippen LogP contribution >= 0.6 is 15.9 Å². The number of hydrogen-bond donors (Lipinski definition) is 0. The van der Waals surface area contributed by atoms with Crippen molar-refractivity contribution in [3.05, 3.63) is 64.6 Å². The maximum absolute atomic E-state index is 13.4. The van der Waals surface area contributed by atoms with Crippen LogP contribution in [0.4, 0.5) is 0 Å². The van der Waals surface area contributed by atoms with Crippen LogP contribution in [0.15, 0.2) is 59.1 Å². The second kappa shape index (κ2) is 7.20. The van der Waals surface area contributed by atoms with Crippen LogP contribution in [0.25, 0.3) is 22.2 Å². The minimum Gasteiger partial charge on any atom is -0.336 e. The summed E-state index contributed by atoms with van der Waals surface area (Å²) in [5, 5.41) is 0.925. The molecule has 0 saturated carbocycles. The molecule has 2 heterocycles. The molecule has 4 heteroatoms. The lowest BCUT2D eigenvalue weighted by Crippen LogP contribution is -2.42. The summed E-state index contributed by atoms with van der Waals surface area (Å²) in [5.74, 6) is 0.118. The highest BCUT2D eigenvalue weighted by molar-refractivity contribution is 9.10. The number of aromatic nitrogens is 1. The van der Waals surface area contributed by atoms with Crippen molar-refractivity contribution in [1.82, 2.24) is 9.88 Å². The Balaban J connectivity index is 1.86. The van der Waals surface area contributed by atoms with Gasteiger partial charge < -0.3 is 4.90 Å². The van der Waals surface area contributed by atoms with Gasteiger partial charge >= 0.3 is 0 Å². The molecule has 0 aliphatic carbocycles. The van der Waals surface area contributed by atoms with Crippen LogP contribution in [0.1, 0.15) is 36.5 Å². The van der Waals surface area contributed by atoms with Crippen LogP contribution in [-0.2, 0) is 0 Å². The largest absolute Gasteiger partial charge is 0.336 e. The molecule has 2 aromatic carbocycles. The molecule has 1 atom stereocenters. The number of fused-ring (bicyclic) bond motifs is 1. The molecule has 4 rings (SSSR count). The number of pyridine rings is 1. The summed E-state index contributed by atoms with van der Waals surface area (Å²) in [6.45, 7) is 2.98. The molecule has 1 saturated heterocycles. The van der Waals surface area contributed by atoms with E-state index < -0.39 is 0 Å². The van der Waals surface area contributed by atoms with Gasteiger partial charge in [-0.1, -0.05) is 46.3 Å². The fourth-order valence-electron chi connectivity index (χ4n) is 3.70.